The van der Waals surface area contributed by atoms with Crippen molar-refractivity contribution in [3.8, 4) is 16.9 Å². The summed E-state index contributed by atoms with van der Waals surface area (Å²) in [5.41, 5.74) is 7.87. The number of amides is 1. The van der Waals surface area contributed by atoms with E-state index in [1.54, 1.807) is 25.4 Å². The van der Waals surface area contributed by atoms with Crippen molar-refractivity contribution in [3.05, 3.63) is 58.2 Å². The normalized spacial score (nSPS) is 15.5. The number of pyridine rings is 1. The molecule has 0 spiro atoms. The Bertz CT molecular complexity index is 1180. The molecule has 3 aromatic rings. The zero-order valence-electron chi connectivity index (χ0n) is 17.7. The van der Waals surface area contributed by atoms with Crippen molar-refractivity contribution in [2.45, 2.75) is 31.9 Å². The molecule has 0 saturated carbocycles. The second kappa shape index (κ2) is 9.44. The number of nitrogens with zero attached hydrogens (tertiary/aromatic N) is 4. The number of hydrogen-bond acceptors (Lipinski definition) is 5. The Hall–Kier alpha value is -3.04. The van der Waals surface area contributed by atoms with Gasteiger partial charge < -0.3 is 20.5 Å². The Kier molecular flexibility index (Phi) is 6.62. The Balaban J connectivity index is 1.53. The number of carboxylic acid groups (broad SMARTS) is 1. The van der Waals surface area contributed by atoms with Gasteiger partial charge in [0.05, 0.1) is 17.3 Å². The SMILES string of the molecule is C[C@@H](Oc1cc(-c2cnn(C3CCN(C(=O)O)CC3)c2)cnc1N)c1c(Cl)ccc(F)c1Cl. The largest absolute Gasteiger partial charge is 0.482 e. The smallest absolute Gasteiger partial charge is 0.407 e. The third-order valence-electron chi connectivity index (χ3n) is 5.72. The number of likely N-dealkylation sites (tertiary alicyclic amines) is 1. The van der Waals surface area contributed by atoms with E-state index in [-0.39, 0.29) is 21.9 Å². The Morgan fingerprint density at radius 2 is 2.00 bits per heavy atom. The molecule has 0 radical (unpaired) electrons. The van der Waals surface area contributed by atoms with E-state index in [4.69, 9.17) is 38.8 Å². The highest BCUT2D eigenvalue weighted by Gasteiger charge is 2.24. The van der Waals surface area contributed by atoms with Gasteiger partial charge in [-0.15, -0.1) is 0 Å². The lowest BCUT2D eigenvalue weighted by molar-refractivity contribution is 0.124. The van der Waals surface area contributed by atoms with E-state index in [1.807, 2.05) is 10.9 Å². The van der Waals surface area contributed by atoms with Crippen LogP contribution in [0.5, 0.6) is 5.75 Å². The molecule has 33 heavy (non-hydrogen) atoms. The summed E-state index contributed by atoms with van der Waals surface area (Å²) in [5.74, 6) is -0.116. The minimum absolute atomic E-state index is 0.104. The number of benzene rings is 1. The summed E-state index contributed by atoms with van der Waals surface area (Å²) in [5, 5.41) is 13.8. The second-order valence-corrected chi connectivity index (χ2v) is 8.62. The van der Waals surface area contributed by atoms with Gasteiger partial charge in [0, 0.05) is 47.2 Å². The molecule has 11 heteroatoms. The summed E-state index contributed by atoms with van der Waals surface area (Å²) in [4.78, 5) is 16.7. The monoisotopic (exact) mass is 493 g/mol. The average molecular weight is 494 g/mol. The van der Waals surface area contributed by atoms with E-state index in [9.17, 15) is 9.18 Å². The number of rotatable bonds is 5. The first kappa shape index (κ1) is 23.1. The molecule has 8 nitrogen and oxygen atoms in total. The van der Waals surface area contributed by atoms with Crippen LogP contribution < -0.4 is 10.5 Å². The number of piperidine rings is 1. The first-order valence-electron chi connectivity index (χ1n) is 10.3. The van der Waals surface area contributed by atoms with Crippen LogP contribution in [0.2, 0.25) is 10.0 Å². The number of anilines is 1. The Labute approximate surface area is 199 Å². The zero-order chi connectivity index (χ0) is 23.7. The van der Waals surface area contributed by atoms with Gasteiger partial charge in [-0.2, -0.15) is 5.10 Å². The maximum atomic E-state index is 13.9. The molecule has 1 aromatic carbocycles. The number of nitrogen functional groups attached to an aromatic ring is 1. The van der Waals surface area contributed by atoms with Crippen molar-refractivity contribution in [2.24, 2.45) is 0 Å². The fourth-order valence-electron chi connectivity index (χ4n) is 3.88. The van der Waals surface area contributed by atoms with E-state index < -0.39 is 18.0 Å². The van der Waals surface area contributed by atoms with Crippen molar-refractivity contribution in [3.63, 3.8) is 0 Å². The van der Waals surface area contributed by atoms with Crippen LogP contribution in [0.1, 0.15) is 37.5 Å². The molecule has 1 atom stereocenters. The summed E-state index contributed by atoms with van der Waals surface area (Å²) >= 11 is 12.3. The molecule has 1 saturated heterocycles. The number of carbonyl (C=O) groups is 1. The minimum atomic E-state index is -0.898. The van der Waals surface area contributed by atoms with E-state index >= 15 is 0 Å². The first-order valence-corrected chi connectivity index (χ1v) is 11.1. The van der Waals surface area contributed by atoms with E-state index in [0.717, 1.165) is 11.1 Å². The Morgan fingerprint density at radius 3 is 2.70 bits per heavy atom. The maximum absolute atomic E-state index is 13.9. The lowest BCUT2D eigenvalue weighted by atomic mass is 10.1. The quantitative estimate of drug-likeness (QED) is 0.459. The van der Waals surface area contributed by atoms with E-state index in [0.29, 0.717) is 37.2 Å². The molecule has 1 aliphatic rings. The maximum Gasteiger partial charge on any atom is 0.407 e. The topological polar surface area (TPSA) is 106 Å². The highest BCUT2D eigenvalue weighted by atomic mass is 35.5. The Morgan fingerprint density at radius 1 is 1.27 bits per heavy atom. The molecule has 0 bridgehead atoms. The predicted molar refractivity (Wildman–Crippen MR) is 123 cm³/mol. The molecule has 1 aliphatic heterocycles. The third kappa shape index (κ3) is 4.84. The summed E-state index contributed by atoms with van der Waals surface area (Å²) in [6.45, 7) is 2.64. The van der Waals surface area contributed by atoms with Crippen LogP contribution >= 0.6 is 23.2 Å². The third-order valence-corrected chi connectivity index (χ3v) is 6.43. The lowest BCUT2D eigenvalue weighted by Crippen LogP contribution is -2.38. The van der Waals surface area contributed by atoms with Crippen molar-refractivity contribution >= 4 is 35.1 Å². The van der Waals surface area contributed by atoms with Crippen molar-refractivity contribution in [1.29, 1.82) is 0 Å². The van der Waals surface area contributed by atoms with Gasteiger partial charge in [-0.1, -0.05) is 23.2 Å². The molecule has 174 valence electrons. The van der Waals surface area contributed by atoms with Crippen LogP contribution in [0, 0.1) is 5.82 Å². The predicted octanol–water partition coefficient (Wildman–Crippen LogP) is 5.43. The van der Waals surface area contributed by atoms with Gasteiger partial charge >= 0.3 is 6.09 Å². The molecule has 0 unspecified atom stereocenters. The lowest BCUT2D eigenvalue weighted by Gasteiger charge is -2.30. The molecular weight excluding hydrogens is 472 g/mol. The summed E-state index contributed by atoms with van der Waals surface area (Å²) in [6, 6.07) is 4.46. The standard InChI is InChI=1S/C22H22Cl2FN5O3/c1-12(19-16(23)2-3-17(25)20(19)24)33-18-8-13(9-27-21(18)26)14-10-28-30(11-14)15-4-6-29(7-5-15)22(31)32/h2-3,8-12,15H,4-7H2,1H3,(H2,26,27)(H,31,32)/t12-/m1/s1. The highest BCUT2D eigenvalue weighted by molar-refractivity contribution is 6.36. The summed E-state index contributed by atoms with van der Waals surface area (Å²) in [7, 11) is 0. The van der Waals surface area contributed by atoms with Gasteiger partial charge in [-0.3, -0.25) is 4.68 Å². The fraction of sp³-hybridized carbons (Fsp3) is 0.318. The van der Waals surface area contributed by atoms with Crippen molar-refractivity contribution in [1.82, 2.24) is 19.7 Å². The number of aromatic nitrogens is 3. The zero-order valence-corrected chi connectivity index (χ0v) is 19.2. The van der Waals surface area contributed by atoms with Gasteiger partial charge in [0.15, 0.2) is 11.6 Å². The molecule has 3 N–H and O–H groups in total. The highest BCUT2D eigenvalue weighted by Crippen LogP contribution is 2.37. The fourth-order valence-corrected chi connectivity index (χ4v) is 4.56. The molecule has 2 aromatic heterocycles. The van der Waals surface area contributed by atoms with Crippen LogP contribution in [0.3, 0.4) is 0 Å². The van der Waals surface area contributed by atoms with Gasteiger partial charge in [-0.05, 0) is 38.0 Å². The molecule has 4 rings (SSSR count). The number of halogens is 3. The van der Waals surface area contributed by atoms with Gasteiger partial charge in [-0.25, -0.2) is 14.2 Å². The van der Waals surface area contributed by atoms with Crippen LogP contribution in [0.15, 0.2) is 36.8 Å². The second-order valence-electron chi connectivity index (χ2n) is 7.83. The average Bonchev–Trinajstić information content (AvgIpc) is 3.28. The first-order chi connectivity index (χ1) is 15.7. The van der Waals surface area contributed by atoms with Gasteiger partial charge in [0.25, 0.3) is 0 Å². The number of nitrogens with two attached hydrogens (primary N) is 1. The number of ether oxygens (including phenoxy) is 1. The van der Waals surface area contributed by atoms with Crippen LogP contribution in [-0.2, 0) is 0 Å². The summed E-state index contributed by atoms with van der Waals surface area (Å²) < 4.78 is 21.7. The molecule has 1 amide bonds. The molecule has 3 heterocycles. The molecular formula is C22H22Cl2FN5O3. The molecule has 0 aliphatic carbocycles. The van der Waals surface area contributed by atoms with Gasteiger partial charge in [0.1, 0.15) is 11.9 Å². The molecule has 1 fully saturated rings. The van der Waals surface area contributed by atoms with E-state index in [1.165, 1.54) is 17.0 Å². The van der Waals surface area contributed by atoms with Crippen molar-refractivity contribution < 1.29 is 19.0 Å². The minimum Gasteiger partial charge on any atom is -0.482 e. The van der Waals surface area contributed by atoms with Gasteiger partial charge in [0.2, 0.25) is 0 Å². The number of hydrogen-bond donors (Lipinski definition) is 2. The van der Waals surface area contributed by atoms with Crippen LogP contribution in [0.25, 0.3) is 11.1 Å². The summed E-state index contributed by atoms with van der Waals surface area (Å²) in [6.07, 6.45) is 5.02. The van der Waals surface area contributed by atoms with Crippen LogP contribution in [-0.4, -0.2) is 44.0 Å². The van der Waals surface area contributed by atoms with Crippen molar-refractivity contribution in [2.75, 3.05) is 18.8 Å². The van der Waals surface area contributed by atoms with Crippen LogP contribution in [0.4, 0.5) is 15.0 Å². The van der Waals surface area contributed by atoms with E-state index in [2.05, 4.69) is 10.1 Å².